The Bertz CT molecular complexity index is 259. The van der Waals surface area contributed by atoms with E-state index in [-0.39, 0.29) is 0 Å². The smallest absolute Gasteiger partial charge is 0.232 e. The average molecular weight is 195 g/mol. The SMILES string of the molecule is CNCc1cnc(OCC(C)C)cn1. The van der Waals surface area contributed by atoms with Gasteiger partial charge in [0.2, 0.25) is 5.88 Å². The van der Waals surface area contributed by atoms with Crippen LogP contribution >= 0.6 is 0 Å². The molecule has 1 rings (SSSR count). The van der Waals surface area contributed by atoms with Crippen LogP contribution in [0.1, 0.15) is 19.5 Å². The Morgan fingerprint density at radius 3 is 2.64 bits per heavy atom. The van der Waals surface area contributed by atoms with E-state index in [2.05, 4.69) is 29.1 Å². The van der Waals surface area contributed by atoms with Crippen LogP contribution in [-0.2, 0) is 6.54 Å². The van der Waals surface area contributed by atoms with E-state index in [9.17, 15) is 0 Å². The quantitative estimate of drug-likeness (QED) is 0.767. The fraction of sp³-hybridized carbons (Fsp3) is 0.600. The van der Waals surface area contributed by atoms with Gasteiger partial charge in [0.1, 0.15) is 0 Å². The summed E-state index contributed by atoms with van der Waals surface area (Å²) in [4.78, 5) is 8.34. The number of nitrogens with zero attached hydrogens (tertiary/aromatic N) is 2. The maximum atomic E-state index is 5.41. The highest BCUT2D eigenvalue weighted by molar-refractivity contribution is 5.06. The summed E-state index contributed by atoms with van der Waals surface area (Å²) >= 11 is 0. The number of nitrogens with one attached hydrogen (secondary N) is 1. The van der Waals surface area contributed by atoms with Crippen molar-refractivity contribution in [3.8, 4) is 5.88 Å². The first-order valence-corrected chi connectivity index (χ1v) is 4.80. The van der Waals surface area contributed by atoms with Gasteiger partial charge in [0, 0.05) is 6.54 Å². The standard InChI is InChI=1S/C10H17N3O/c1-8(2)7-14-10-6-12-9(4-11-3)5-13-10/h5-6,8,11H,4,7H2,1-3H3. The lowest BCUT2D eigenvalue weighted by atomic mass is 10.2. The van der Waals surface area contributed by atoms with Crippen LogP contribution in [0.5, 0.6) is 5.88 Å². The molecule has 0 aromatic carbocycles. The number of hydrogen-bond donors (Lipinski definition) is 1. The second-order valence-electron chi connectivity index (χ2n) is 3.58. The maximum absolute atomic E-state index is 5.41. The highest BCUT2D eigenvalue weighted by Crippen LogP contribution is 2.05. The predicted molar refractivity (Wildman–Crippen MR) is 55.1 cm³/mol. The first kappa shape index (κ1) is 10.9. The van der Waals surface area contributed by atoms with Gasteiger partial charge in [-0.2, -0.15) is 0 Å². The van der Waals surface area contributed by atoms with Crippen LogP contribution in [-0.4, -0.2) is 23.6 Å². The first-order chi connectivity index (χ1) is 6.72. The molecule has 14 heavy (non-hydrogen) atoms. The highest BCUT2D eigenvalue weighted by Gasteiger charge is 1.99. The van der Waals surface area contributed by atoms with Crippen molar-refractivity contribution in [3.63, 3.8) is 0 Å². The lowest BCUT2D eigenvalue weighted by molar-refractivity contribution is 0.260. The molecule has 1 aromatic rings. The third-order valence-corrected chi connectivity index (χ3v) is 1.60. The largest absolute Gasteiger partial charge is 0.476 e. The summed E-state index contributed by atoms with van der Waals surface area (Å²) in [6.45, 7) is 5.61. The topological polar surface area (TPSA) is 47.0 Å². The molecule has 1 aromatic heterocycles. The zero-order valence-corrected chi connectivity index (χ0v) is 8.95. The van der Waals surface area contributed by atoms with Crippen LogP contribution in [0.3, 0.4) is 0 Å². The number of ether oxygens (including phenoxy) is 1. The van der Waals surface area contributed by atoms with Gasteiger partial charge in [-0.25, -0.2) is 4.98 Å². The predicted octanol–water partition coefficient (Wildman–Crippen LogP) is 1.23. The van der Waals surface area contributed by atoms with E-state index in [1.54, 1.807) is 12.4 Å². The highest BCUT2D eigenvalue weighted by atomic mass is 16.5. The molecule has 0 spiro atoms. The molecule has 0 atom stereocenters. The monoisotopic (exact) mass is 195 g/mol. The third kappa shape index (κ3) is 3.70. The minimum atomic E-state index is 0.508. The van der Waals surface area contributed by atoms with Gasteiger partial charge in [-0.1, -0.05) is 13.8 Å². The fourth-order valence-electron chi connectivity index (χ4n) is 0.942. The average Bonchev–Trinajstić information content (AvgIpc) is 2.17. The molecule has 0 fully saturated rings. The van der Waals surface area contributed by atoms with Gasteiger partial charge in [-0.15, -0.1) is 0 Å². The number of rotatable bonds is 5. The van der Waals surface area contributed by atoms with Gasteiger partial charge >= 0.3 is 0 Å². The molecule has 0 unspecified atom stereocenters. The van der Waals surface area contributed by atoms with Crippen LogP contribution < -0.4 is 10.1 Å². The fourth-order valence-corrected chi connectivity index (χ4v) is 0.942. The van der Waals surface area contributed by atoms with E-state index >= 15 is 0 Å². The van der Waals surface area contributed by atoms with Crippen molar-refractivity contribution >= 4 is 0 Å². The van der Waals surface area contributed by atoms with Gasteiger partial charge in [0.05, 0.1) is 24.7 Å². The normalized spacial score (nSPS) is 10.6. The lowest BCUT2D eigenvalue weighted by Crippen LogP contribution is -2.09. The molecular weight excluding hydrogens is 178 g/mol. The first-order valence-electron chi connectivity index (χ1n) is 4.80. The van der Waals surface area contributed by atoms with Crippen LogP contribution in [0.2, 0.25) is 0 Å². The molecule has 0 aliphatic rings. The lowest BCUT2D eigenvalue weighted by Gasteiger charge is -2.07. The maximum Gasteiger partial charge on any atom is 0.232 e. The van der Waals surface area contributed by atoms with Crippen molar-refractivity contribution in [2.45, 2.75) is 20.4 Å². The summed E-state index contributed by atoms with van der Waals surface area (Å²) in [5.41, 5.74) is 0.921. The summed E-state index contributed by atoms with van der Waals surface area (Å²) in [6.07, 6.45) is 3.39. The van der Waals surface area contributed by atoms with Crippen molar-refractivity contribution in [2.24, 2.45) is 5.92 Å². The molecule has 0 amide bonds. The van der Waals surface area contributed by atoms with Crippen LogP contribution in [0.15, 0.2) is 12.4 Å². The Morgan fingerprint density at radius 1 is 1.36 bits per heavy atom. The van der Waals surface area contributed by atoms with E-state index in [4.69, 9.17) is 4.74 Å². The van der Waals surface area contributed by atoms with Crippen LogP contribution in [0.25, 0.3) is 0 Å². The number of aromatic nitrogens is 2. The zero-order valence-electron chi connectivity index (χ0n) is 8.95. The Hall–Kier alpha value is -1.16. The van der Waals surface area contributed by atoms with Gasteiger partial charge < -0.3 is 10.1 Å². The van der Waals surface area contributed by atoms with Crippen LogP contribution in [0.4, 0.5) is 0 Å². The van der Waals surface area contributed by atoms with Gasteiger partial charge in [0.15, 0.2) is 0 Å². The molecule has 4 nitrogen and oxygen atoms in total. The number of hydrogen-bond acceptors (Lipinski definition) is 4. The van der Waals surface area contributed by atoms with Gasteiger partial charge in [-0.05, 0) is 13.0 Å². The Labute approximate surface area is 84.7 Å². The Balaban J connectivity index is 2.46. The van der Waals surface area contributed by atoms with Crippen molar-refractivity contribution < 1.29 is 4.74 Å². The minimum Gasteiger partial charge on any atom is -0.476 e. The van der Waals surface area contributed by atoms with Gasteiger partial charge in [0.25, 0.3) is 0 Å². The van der Waals surface area contributed by atoms with E-state index in [1.165, 1.54) is 0 Å². The zero-order chi connectivity index (χ0) is 10.4. The van der Waals surface area contributed by atoms with Crippen molar-refractivity contribution in [3.05, 3.63) is 18.1 Å². The van der Waals surface area contributed by atoms with Crippen LogP contribution in [0, 0.1) is 5.92 Å². The third-order valence-electron chi connectivity index (χ3n) is 1.60. The molecular formula is C10H17N3O. The molecule has 4 heteroatoms. The van der Waals surface area contributed by atoms with Crippen molar-refractivity contribution in [2.75, 3.05) is 13.7 Å². The summed E-state index contributed by atoms with van der Waals surface area (Å²) in [5, 5.41) is 3.01. The summed E-state index contributed by atoms with van der Waals surface area (Å²) in [6, 6.07) is 0. The molecule has 78 valence electrons. The molecule has 1 heterocycles. The minimum absolute atomic E-state index is 0.508. The second kappa shape index (κ2) is 5.54. The van der Waals surface area contributed by atoms with E-state index < -0.39 is 0 Å². The Morgan fingerprint density at radius 2 is 2.14 bits per heavy atom. The molecule has 0 bridgehead atoms. The molecule has 1 N–H and O–H groups in total. The second-order valence-corrected chi connectivity index (χ2v) is 3.58. The van der Waals surface area contributed by atoms with Gasteiger partial charge in [-0.3, -0.25) is 4.98 Å². The van der Waals surface area contributed by atoms with E-state index in [1.807, 2.05) is 7.05 Å². The molecule has 0 aliphatic heterocycles. The summed E-state index contributed by atoms with van der Waals surface area (Å²) < 4.78 is 5.41. The Kier molecular flexibility index (Phi) is 4.32. The summed E-state index contributed by atoms with van der Waals surface area (Å²) in [7, 11) is 1.88. The van der Waals surface area contributed by atoms with E-state index in [0.29, 0.717) is 18.4 Å². The van der Waals surface area contributed by atoms with Crippen molar-refractivity contribution in [1.82, 2.24) is 15.3 Å². The van der Waals surface area contributed by atoms with Crippen molar-refractivity contribution in [1.29, 1.82) is 0 Å². The molecule has 0 radical (unpaired) electrons. The molecule has 0 saturated heterocycles. The summed E-state index contributed by atoms with van der Waals surface area (Å²) in [5.74, 6) is 1.10. The van der Waals surface area contributed by atoms with E-state index in [0.717, 1.165) is 12.2 Å². The molecule has 0 aliphatic carbocycles. The molecule has 0 saturated carbocycles.